The van der Waals surface area contributed by atoms with Gasteiger partial charge in [0.15, 0.2) is 0 Å². The molecule has 24 heavy (non-hydrogen) atoms. The number of rotatable bonds is 4. The van der Waals surface area contributed by atoms with E-state index < -0.39 is 5.63 Å². The molecule has 0 N–H and O–H groups in total. The van der Waals surface area contributed by atoms with Gasteiger partial charge in [0.05, 0.1) is 12.6 Å². The average molecular weight is 334 g/mol. The van der Waals surface area contributed by atoms with Crippen LogP contribution in [0.5, 0.6) is 5.75 Å². The molecule has 2 aliphatic heterocycles. The molecule has 3 heterocycles. The summed E-state index contributed by atoms with van der Waals surface area (Å²) in [5.41, 5.74) is -0.484. The van der Waals surface area contributed by atoms with E-state index in [1.807, 2.05) is 0 Å². The van der Waals surface area contributed by atoms with Gasteiger partial charge in [-0.15, -0.1) is 0 Å². The molecule has 3 rings (SSSR count). The fourth-order valence-electron chi connectivity index (χ4n) is 2.92. The second-order valence-electron chi connectivity index (χ2n) is 5.96. The molecule has 1 aromatic heterocycles. The summed E-state index contributed by atoms with van der Waals surface area (Å²) in [6.45, 7) is 2.29. The van der Waals surface area contributed by atoms with Crippen LogP contribution in [0.1, 0.15) is 25.0 Å². The highest BCUT2D eigenvalue weighted by atomic mass is 16.5. The second-order valence-corrected chi connectivity index (χ2v) is 5.96. The lowest BCUT2D eigenvalue weighted by atomic mass is 10.3. The van der Waals surface area contributed by atoms with Gasteiger partial charge >= 0.3 is 5.63 Å². The molecule has 0 aliphatic carbocycles. The lowest BCUT2D eigenvalue weighted by Gasteiger charge is -2.20. The van der Waals surface area contributed by atoms with Gasteiger partial charge in [0.25, 0.3) is 0 Å². The Morgan fingerprint density at radius 3 is 2.62 bits per heavy atom. The van der Waals surface area contributed by atoms with E-state index in [-0.39, 0.29) is 43.2 Å². The van der Waals surface area contributed by atoms with Crippen molar-refractivity contribution in [1.29, 1.82) is 0 Å². The highest BCUT2D eigenvalue weighted by Crippen LogP contribution is 2.19. The van der Waals surface area contributed by atoms with Gasteiger partial charge in [0, 0.05) is 31.9 Å². The van der Waals surface area contributed by atoms with E-state index in [1.54, 1.807) is 17.9 Å². The minimum atomic E-state index is -0.484. The minimum absolute atomic E-state index is 0.174. The van der Waals surface area contributed by atoms with Gasteiger partial charge in [-0.1, -0.05) is 0 Å². The Morgan fingerprint density at radius 2 is 1.96 bits per heavy atom. The van der Waals surface area contributed by atoms with E-state index in [2.05, 4.69) is 0 Å². The number of ether oxygens (including phenoxy) is 1. The summed E-state index contributed by atoms with van der Waals surface area (Å²) in [5, 5.41) is 0. The molecule has 0 saturated carbocycles. The lowest BCUT2D eigenvalue weighted by molar-refractivity contribution is -0.145. The molecule has 2 saturated heterocycles. The molecule has 0 aromatic carbocycles. The molecule has 0 bridgehead atoms. The predicted molar refractivity (Wildman–Crippen MR) is 81.3 cm³/mol. The molecular weight excluding hydrogens is 316 g/mol. The SMILES string of the molecule is Cc1cc(OC2CCN(C(=O)CN3C(=O)CCC3=O)C2)cc(=O)o1. The van der Waals surface area contributed by atoms with Crippen molar-refractivity contribution < 1.29 is 23.5 Å². The number of nitrogens with zero attached hydrogens (tertiary/aromatic N) is 2. The van der Waals surface area contributed by atoms with E-state index in [9.17, 15) is 19.2 Å². The number of hydrogen-bond donors (Lipinski definition) is 0. The Hall–Kier alpha value is -2.64. The van der Waals surface area contributed by atoms with Crippen molar-refractivity contribution in [1.82, 2.24) is 9.80 Å². The molecule has 1 aromatic rings. The zero-order valence-corrected chi connectivity index (χ0v) is 13.3. The van der Waals surface area contributed by atoms with Gasteiger partial charge in [0.2, 0.25) is 17.7 Å². The highest BCUT2D eigenvalue weighted by molar-refractivity contribution is 6.04. The first kappa shape index (κ1) is 16.2. The van der Waals surface area contributed by atoms with Gasteiger partial charge in [-0.05, 0) is 6.92 Å². The van der Waals surface area contributed by atoms with Crippen molar-refractivity contribution in [2.24, 2.45) is 0 Å². The van der Waals surface area contributed by atoms with Crippen LogP contribution < -0.4 is 10.4 Å². The molecule has 2 aliphatic rings. The first-order valence-electron chi connectivity index (χ1n) is 7.82. The third-order valence-corrected chi connectivity index (χ3v) is 4.12. The number of amides is 3. The van der Waals surface area contributed by atoms with Crippen molar-refractivity contribution in [2.45, 2.75) is 32.3 Å². The summed E-state index contributed by atoms with van der Waals surface area (Å²) in [7, 11) is 0. The Bertz CT molecular complexity index is 724. The summed E-state index contributed by atoms with van der Waals surface area (Å²) in [4.78, 5) is 49.3. The fourth-order valence-corrected chi connectivity index (χ4v) is 2.92. The summed E-state index contributed by atoms with van der Waals surface area (Å²) in [5.74, 6) is -0.00504. The van der Waals surface area contributed by atoms with E-state index in [0.717, 1.165) is 4.90 Å². The molecule has 128 valence electrons. The van der Waals surface area contributed by atoms with E-state index >= 15 is 0 Å². The first-order valence-corrected chi connectivity index (χ1v) is 7.82. The van der Waals surface area contributed by atoms with Crippen LogP contribution >= 0.6 is 0 Å². The van der Waals surface area contributed by atoms with Gasteiger partial charge in [-0.3, -0.25) is 19.3 Å². The molecular formula is C16H18N2O6. The van der Waals surface area contributed by atoms with Gasteiger partial charge in [-0.25, -0.2) is 4.79 Å². The molecule has 0 spiro atoms. The monoisotopic (exact) mass is 334 g/mol. The quantitative estimate of drug-likeness (QED) is 0.723. The average Bonchev–Trinajstić information content (AvgIpc) is 3.08. The Labute approximate surface area is 138 Å². The van der Waals surface area contributed by atoms with Gasteiger partial charge in [0.1, 0.15) is 24.2 Å². The van der Waals surface area contributed by atoms with E-state index in [1.165, 1.54) is 6.07 Å². The normalized spacial score (nSPS) is 20.8. The number of aryl methyl sites for hydroxylation is 1. The maximum atomic E-state index is 12.3. The van der Waals surface area contributed by atoms with Crippen LogP contribution in [0.3, 0.4) is 0 Å². The van der Waals surface area contributed by atoms with Crippen LogP contribution in [0.4, 0.5) is 0 Å². The maximum absolute atomic E-state index is 12.3. The van der Waals surface area contributed by atoms with Crippen LogP contribution in [-0.4, -0.2) is 53.3 Å². The third-order valence-electron chi connectivity index (χ3n) is 4.12. The lowest BCUT2D eigenvalue weighted by Crippen LogP contribution is -2.42. The smallest absolute Gasteiger partial charge is 0.339 e. The topological polar surface area (TPSA) is 97.1 Å². The fraction of sp³-hybridized carbons (Fsp3) is 0.500. The number of likely N-dealkylation sites (tertiary alicyclic amines) is 2. The van der Waals surface area contributed by atoms with Crippen LogP contribution in [0.2, 0.25) is 0 Å². The number of imide groups is 1. The molecule has 2 fully saturated rings. The highest BCUT2D eigenvalue weighted by Gasteiger charge is 2.34. The van der Waals surface area contributed by atoms with Crippen molar-refractivity contribution >= 4 is 17.7 Å². The zero-order chi connectivity index (χ0) is 17.3. The van der Waals surface area contributed by atoms with Crippen LogP contribution in [-0.2, 0) is 14.4 Å². The van der Waals surface area contributed by atoms with Crippen molar-refractivity contribution in [3.63, 3.8) is 0 Å². The summed E-state index contributed by atoms with van der Waals surface area (Å²) < 4.78 is 10.6. The van der Waals surface area contributed by atoms with E-state index in [0.29, 0.717) is 31.0 Å². The summed E-state index contributed by atoms with van der Waals surface area (Å²) in [6.07, 6.45) is 0.731. The first-order chi connectivity index (χ1) is 11.4. The molecule has 1 unspecified atom stereocenters. The van der Waals surface area contributed by atoms with Crippen molar-refractivity contribution in [3.05, 3.63) is 28.3 Å². The Morgan fingerprint density at radius 1 is 1.25 bits per heavy atom. The molecule has 1 atom stereocenters. The largest absolute Gasteiger partial charge is 0.488 e. The standard InChI is InChI=1S/C16H18N2O6/c1-10-6-12(7-16(22)23-10)24-11-4-5-17(8-11)15(21)9-18-13(19)2-3-14(18)20/h6-7,11H,2-5,8-9H2,1H3. The van der Waals surface area contributed by atoms with Crippen LogP contribution in [0.25, 0.3) is 0 Å². The minimum Gasteiger partial charge on any atom is -0.488 e. The molecule has 8 nitrogen and oxygen atoms in total. The maximum Gasteiger partial charge on any atom is 0.339 e. The van der Waals surface area contributed by atoms with Crippen molar-refractivity contribution in [3.8, 4) is 5.75 Å². The number of carbonyl (C=O) groups is 3. The third kappa shape index (κ3) is 3.47. The van der Waals surface area contributed by atoms with E-state index in [4.69, 9.17) is 9.15 Å². The molecule has 0 radical (unpaired) electrons. The predicted octanol–water partition coefficient (Wildman–Crippen LogP) is 0.0769. The molecule has 8 heteroatoms. The summed E-state index contributed by atoms with van der Waals surface area (Å²) >= 11 is 0. The number of hydrogen-bond acceptors (Lipinski definition) is 6. The Kier molecular flexibility index (Phi) is 4.37. The summed E-state index contributed by atoms with van der Waals surface area (Å²) in [6, 6.07) is 2.88. The Balaban J connectivity index is 1.56. The zero-order valence-electron chi connectivity index (χ0n) is 13.3. The van der Waals surface area contributed by atoms with Crippen LogP contribution in [0.15, 0.2) is 21.3 Å². The van der Waals surface area contributed by atoms with Crippen molar-refractivity contribution in [2.75, 3.05) is 19.6 Å². The second kappa shape index (κ2) is 6.46. The van der Waals surface area contributed by atoms with Crippen LogP contribution in [0, 0.1) is 6.92 Å². The molecule has 3 amide bonds. The van der Waals surface area contributed by atoms with Gasteiger partial charge in [-0.2, -0.15) is 0 Å². The van der Waals surface area contributed by atoms with Gasteiger partial charge < -0.3 is 14.1 Å². The number of carbonyl (C=O) groups excluding carboxylic acids is 3.